The van der Waals surface area contributed by atoms with Gasteiger partial charge in [-0.2, -0.15) is 0 Å². The van der Waals surface area contributed by atoms with Gasteiger partial charge < -0.3 is 0 Å². The molecule has 1 saturated carbocycles. The van der Waals surface area contributed by atoms with Crippen LogP contribution in [0.3, 0.4) is 0 Å². The molecule has 0 amide bonds. The van der Waals surface area contributed by atoms with Gasteiger partial charge in [-0.25, -0.2) is 0 Å². The minimum Gasteiger partial charge on any atom is -0.0996 e. The molecule has 3 unspecified atom stereocenters. The monoisotopic (exact) mass is 208 g/mol. The molecule has 0 heteroatoms. The second kappa shape index (κ2) is 5.18. The van der Waals surface area contributed by atoms with Gasteiger partial charge in [-0.3, -0.25) is 0 Å². The van der Waals surface area contributed by atoms with Gasteiger partial charge in [0, 0.05) is 0 Å². The van der Waals surface area contributed by atoms with E-state index in [2.05, 4.69) is 41.2 Å². The summed E-state index contributed by atoms with van der Waals surface area (Å²) in [5.41, 5.74) is 1.51. The summed E-state index contributed by atoms with van der Waals surface area (Å²) in [7, 11) is 0. The quantitative estimate of drug-likeness (QED) is 0.563. The van der Waals surface area contributed by atoms with E-state index in [-0.39, 0.29) is 0 Å². The summed E-state index contributed by atoms with van der Waals surface area (Å²) in [6, 6.07) is 0. The first-order valence-electron chi connectivity index (χ1n) is 6.59. The molecule has 0 radical (unpaired) electrons. The van der Waals surface area contributed by atoms with Crippen molar-refractivity contribution < 1.29 is 0 Å². The SMILES string of the molecule is C=C1CC(C)C1CC(CC(C)C)C(C)C. The maximum absolute atomic E-state index is 4.18. The van der Waals surface area contributed by atoms with Crippen LogP contribution in [-0.4, -0.2) is 0 Å². The lowest BCUT2D eigenvalue weighted by Gasteiger charge is -2.40. The van der Waals surface area contributed by atoms with Crippen LogP contribution in [0.1, 0.15) is 53.9 Å². The second-order valence-electron chi connectivity index (χ2n) is 6.32. The van der Waals surface area contributed by atoms with Gasteiger partial charge in [0.2, 0.25) is 0 Å². The van der Waals surface area contributed by atoms with Gasteiger partial charge in [-0.15, -0.1) is 0 Å². The summed E-state index contributed by atoms with van der Waals surface area (Å²) >= 11 is 0. The number of hydrogen-bond acceptors (Lipinski definition) is 0. The molecule has 1 fully saturated rings. The Kier molecular flexibility index (Phi) is 4.43. The van der Waals surface area contributed by atoms with Crippen molar-refractivity contribution in [1.82, 2.24) is 0 Å². The summed E-state index contributed by atoms with van der Waals surface area (Å²) in [5.74, 6) is 4.28. The standard InChI is InChI=1S/C15H28/c1-10(2)7-14(11(3)4)9-15-12(5)8-13(15)6/h10-11,13-15H,5,7-9H2,1-4,6H3. The van der Waals surface area contributed by atoms with Gasteiger partial charge in [0.1, 0.15) is 0 Å². The van der Waals surface area contributed by atoms with Crippen molar-refractivity contribution >= 4 is 0 Å². The van der Waals surface area contributed by atoms with E-state index in [4.69, 9.17) is 0 Å². The van der Waals surface area contributed by atoms with Crippen LogP contribution >= 0.6 is 0 Å². The van der Waals surface area contributed by atoms with E-state index < -0.39 is 0 Å². The summed E-state index contributed by atoms with van der Waals surface area (Å²) in [5, 5.41) is 0. The molecular weight excluding hydrogens is 180 g/mol. The Balaban J connectivity index is 2.47. The highest BCUT2D eigenvalue weighted by Crippen LogP contribution is 2.44. The minimum absolute atomic E-state index is 0.827. The van der Waals surface area contributed by atoms with E-state index >= 15 is 0 Å². The lowest BCUT2D eigenvalue weighted by atomic mass is 9.65. The van der Waals surface area contributed by atoms with Crippen LogP contribution in [0.25, 0.3) is 0 Å². The summed E-state index contributed by atoms with van der Waals surface area (Å²) in [6.07, 6.45) is 4.04. The van der Waals surface area contributed by atoms with Gasteiger partial charge in [0.05, 0.1) is 0 Å². The summed E-state index contributed by atoms with van der Waals surface area (Å²) in [6.45, 7) is 16.0. The molecule has 1 rings (SSSR count). The topological polar surface area (TPSA) is 0 Å². The van der Waals surface area contributed by atoms with Gasteiger partial charge in [-0.1, -0.05) is 46.8 Å². The van der Waals surface area contributed by atoms with Crippen molar-refractivity contribution in [1.29, 1.82) is 0 Å². The molecule has 0 saturated heterocycles. The Morgan fingerprint density at radius 2 is 1.87 bits per heavy atom. The molecule has 0 aliphatic heterocycles. The fourth-order valence-corrected chi connectivity index (χ4v) is 2.92. The van der Waals surface area contributed by atoms with Crippen molar-refractivity contribution in [3.63, 3.8) is 0 Å². The van der Waals surface area contributed by atoms with Crippen LogP contribution in [0.5, 0.6) is 0 Å². The molecule has 0 spiro atoms. The van der Waals surface area contributed by atoms with E-state index in [0.29, 0.717) is 0 Å². The second-order valence-corrected chi connectivity index (χ2v) is 6.32. The summed E-state index contributed by atoms with van der Waals surface area (Å²) < 4.78 is 0. The smallest absolute Gasteiger partial charge is 0.0174 e. The average Bonchev–Trinajstić information content (AvgIpc) is 2.11. The molecule has 0 nitrogen and oxygen atoms in total. The molecule has 0 bridgehead atoms. The van der Waals surface area contributed by atoms with Crippen LogP contribution in [0.15, 0.2) is 12.2 Å². The van der Waals surface area contributed by atoms with Gasteiger partial charge in [0.15, 0.2) is 0 Å². The number of hydrogen-bond donors (Lipinski definition) is 0. The Bertz CT molecular complexity index is 212. The highest BCUT2D eigenvalue weighted by Gasteiger charge is 2.33. The molecule has 0 N–H and O–H groups in total. The van der Waals surface area contributed by atoms with Crippen molar-refractivity contribution in [3.8, 4) is 0 Å². The molecular formula is C15H28. The molecule has 3 atom stereocenters. The van der Waals surface area contributed by atoms with E-state index in [9.17, 15) is 0 Å². The van der Waals surface area contributed by atoms with Gasteiger partial charge in [0.25, 0.3) is 0 Å². The van der Waals surface area contributed by atoms with Gasteiger partial charge >= 0.3 is 0 Å². The van der Waals surface area contributed by atoms with Crippen LogP contribution in [0, 0.1) is 29.6 Å². The van der Waals surface area contributed by atoms with Crippen molar-refractivity contribution in [3.05, 3.63) is 12.2 Å². The molecule has 15 heavy (non-hydrogen) atoms. The van der Waals surface area contributed by atoms with E-state index in [0.717, 1.165) is 29.6 Å². The highest BCUT2D eigenvalue weighted by molar-refractivity contribution is 5.13. The molecule has 0 heterocycles. The third-order valence-electron chi connectivity index (χ3n) is 4.07. The largest absolute Gasteiger partial charge is 0.0996 e. The zero-order chi connectivity index (χ0) is 11.6. The lowest BCUT2D eigenvalue weighted by Crippen LogP contribution is -2.29. The zero-order valence-electron chi connectivity index (χ0n) is 11.2. The van der Waals surface area contributed by atoms with Crippen LogP contribution in [-0.2, 0) is 0 Å². The minimum atomic E-state index is 0.827. The Morgan fingerprint density at radius 3 is 2.20 bits per heavy atom. The van der Waals surface area contributed by atoms with E-state index in [1.54, 1.807) is 0 Å². The first-order valence-corrected chi connectivity index (χ1v) is 6.59. The average molecular weight is 208 g/mol. The maximum atomic E-state index is 4.18. The maximum Gasteiger partial charge on any atom is -0.0174 e. The molecule has 0 aromatic rings. The van der Waals surface area contributed by atoms with Crippen LogP contribution < -0.4 is 0 Å². The predicted octanol–water partition coefficient (Wildman–Crippen LogP) is 4.91. The van der Waals surface area contributed by atoms with E-state index in [1.807, 2.05) is 0 Å². The lowest BCUT2D eigenvalue weighted by molar-refractivity contribution is 0.194. The fraction of sp³-hybridized carbons (Fsp3) is 0.867. The third kappa shape index (κ3) is 3.36. The van der Waals surface area contributed by atoms with Crippen molar-refractivity contribution in [2.45, 2.75) is 53.9 Å². The molecule has 0 aromatic carbocycles. The normalized spacial score (nSPS) is 28.3. The fourth-order valence-electron chi connectivity index (χ4n) is 2.92. The Labute approximate surface area is 96.2 Å². The summed E-state index contributed by atoms with van der Waals surface area (Å²) in [4.78, 5) is 0. The third-order valence-corrected chi connectivity index (χ3v) is 4.07. The number of allylic oxidation sites excluding steroid dienone is 1. The Hall–Kier alpha value is -0.260. The molecule has 88 valence electrons. The zero-order valence-corrected chi connectivity index (χ0v) is 11.2. The highest BCUT2D eigenvalue weighted by atomic mass is 14.4. The number of rotatable bonds is 5. The van der Waals surface area contributed by atoms with Crippen molar-refractivity contribution in [2.24, 2.45) is 29.6 Å². The molecule has 0 aromatic heterocycles. The van der Waals surface area contributed by atoms with Crippen molar-refractivity contribution in [2.75, 3.05) is 0 Å². The van der Waals surface area contributed by atoms with E-state index in [1.165, 1.54) is 24.8 Å². The molecule has 1 aliphatic carbocycles. The van der Waals surface area contributed by atoms with Crippen LogP contribution in [0.4, 0.5) is 0 Å². The van der Waals surface area contributed by atoms with Crippen LogP contribution in [0.2, 0.25) is 0 Å². The first kappa shape index (κ1) is 12.8. The Morgan fingerprint density at radius 1 is 1.27 bits per heavy atom. The van der Waals surface area contributed by atoms with Gasteiger partial charge in [-0.05, 0) is 48.9 Å². The first-order chi connectivity index (χ1) is 6.91. The molecule has 1 aliphatic rings. The predicted molar refractivity (Wildman–Crippen MR) is 68.8 cm³/mol.